The molecule has 2 aromatic rings. The lowest BCUT2D eigenvalue weighted by Crippen LogP contribution is -2.05. The van der Waals surface area contributed by atoms with Gasteiger partial charge >= 0.3 is 5.97 Å². The largest absolute Gasteiger partial charge is 0.490 e. The lowest BCUT2D eigenvalue weighted by molar-refractivity contribution is 0.0491. The van der Waals surface area contributed by atoms with Crippen LogP contribution >= 0.6 is 0 Å². The fourth-order valence-electron chi connectivity index (χ4n) is 2.12. The van der Waals surface area contributed by atoms with Crippen LogP contribution in [0.2, 0.25) is 0 Å². The minimum Gasteiger partial charge on any atom is -0.490 e. The molecule has 0 spiro atoms. The Morgan fingerprint density at radius 2 is 2.25 bits per heavy atom. The van der Waals surface area contributed by atoms with Crippen LogP contribution in [0.25, 0.3) is 11.0 Å². The van der Waals surface area contributed by atoms with Crippen LogP contribution in [0.4, 0.5) is 0 Å². The summed E-state index contributed by atoms with van der Waals surface area (Å²) in [7, 11) is 0. The predicted molar refractivity (Wildman–Crippen MR) is 72.1 cm³/mol. The fourth-order valence-corrected chi connectivity index (χ4v) is 2.12. The van der Waals surface area contributed by atoms with Gasteiger partial charge in [-0.15, -0.1) is 0 Å². The first-order valence-electron chi connectivity index (χ1n) is 6.64. The van der Waals surface area contributed by atoms with Crippen LogP contribution in [0, 0.1) is 6.92 Å². The van der Waals surface area contributed by atoms with Gasteiger partial charge in [-0.05, 0) is 26.0 Å². The van der Waals surface area contributed by atoms with Crippen molar-refractivity contribution in [1.29, 1.82) is 0 Å². The van der Waals surface area contributed by atoms with Gasteiger partial charge in [-0.3, -0.25) is 0 Å². The summed E-state index contributed by atoms with van der Waals surface area (Å²) in [4.78, 5) is 11.8. The van der Waals surface area contributed by atoms with E-state index in [0.29, 0.717) is 24.5 Å². The maximum Gasteiger partial charge on any atom is 0.374 e. The van der Waals surface area contributed by atoms with Crippen molar-refractivity contribution >= 4 is 16.9 Å². The van der Waals surface area contributed by atoms with Crippen LogP contribution in [0.1, 0.15) is 23.0 Å². The number of fused-ring (bicyclic) bond motifs is 1. The zero-order chi connectivity index (χ0) is 14.1. The number of carbonyl (C=O) groups is 1. The molecule has 1 unspecified atom stereocenters. The van der Waals surface area contributed by atoms with E-state index in [1.54, 1.807) is 6.92 Å². The van der Waals surface area contributed by atoms with Crippen molar-refractivity contribution in [3.8, 4) is 5.75 Å². The molecule has 2 heterocycles. The van der Waals surface area contributed by atoms with Gasteiger partial charge in [0.1, 0.15) is 24.0 Å². The van der Waals surface area contributed by atoms with Gasteiger partial charge in [0.15, 0.2) is 0 Å². The Hall–Kier alpha value is -2.01. The number of benzene rings is 1. The molecule has 1 aromatic heterocycles. The topological polar surface area (TPSA) is 61.2 Å². The van der Waals surface area contributed by atoms with Gasteiger partial charge in [-0.2, -0.15) is 0 Å². The average molecular weight is 276 g/mol. The van der Waals surface area contributed by atoms with Crippen molar-refractivity contribution in [2.75, 3.05) is 19.8 Å². The third kappa shape index (κ3) is 2.36. The van der Waals surface area contributed by atoms with Gasteiger partial charge in [-0.1, -0.05) is 6.07 Å². The predicted octanol–water partition coefficient (Wildman–Crippen LogP) is 2.70. The number of carbonyl (C=O) groups excluding carboxylic acids is 1. The average Bonchev–Trinajstić information content (AvgIpc) is 3.20. The summed E-state index contributed by atoms with van der Waals surface area (Å²) in [6.07, 6.45) is 0.182. The molecule has 106 valence electrons. The summed E-state index contributed by atoms with van der Waals surface area (Å²) in [5.74, 6) is 0.494. The maximum absolute atomic E-state index is 11.8. The summed E-state index contributed by atoms with van der Waals surface area (Å²) >= 11 is 0. The van der Waals surface area contributed by atoms with Crippen LogP contribution in [0.5, 0.6) is 5.75 Å². The molecule has 1 fully saturated rings. The van der Waals surface area contributed by atoms with E-state index in [0.717, 1.165) is 17.6 Å². The van der Waals surface area contributed by atoms with Crippen molar-refractivity contribution in [1.82, 2.24) is 0 Å². The summed E-state index contributed by atoms with van der Waals surface area (Å²) in [5, 5.41) is 0.816. The normalized spacial score (nSPS) is 17.2. The number of rotatable bonds is 5. The van der Waals surface area contributed by atoms with Crippen molar-refractivity contribution in [2.24, 2.45) is 0 Å². The van der Waals surface area contributed by atoms with Crippen LogP contribution in [-0.4, -0.2) is 31.9 Å². The van der Waals surface area contributed by atoms with Crippen LogP contribution < -0.4 is 4.74 Å². The van der Waals surface area contributed by atoms with E-state index in [-0.39, 0.29) is 11.9 Å². The molecule has 0 saturated carbocycles. The second-order valence-corrected chi connectivity index (χ2v) is 4.67. The Morgan fingerprint density at radius 1 is 1.45 bits per heavy atom. The molecule has 0 radical (unpaired) electrons. The van der Waals surface area contributed by atoms with Gasteiger partial charge in [0, 0.05) is 5.56 Å². The highest BCUT2D eigenvalue weighted by atomic mass is 16.6. The Balaban J connectivity index is 1.97. The summed E-state index contributed by atoms with van der Waals surface area (Å²) in [6, 6.07) is 5.51. The third-order valence-electron chi connectivity index (χ3n) is 3.20. The minimum atomic E-state index is -0.447. The number of aryl methyl sites for hydroxylation is 1. The van der Waals surface area contributed by atoms with Crippen LogP contribution in [-0.2, 0) is 9.47 Å². The third-order valence-corrected chi connectivity index (χ3v) is 3.20. The van der Waals surface area contributed by atoms with Crippen molar-refractivity contribution in [3.63, 3.8) is 0 Å². The number of epoxide rings is 1. The van der Waals surface area contributed by atoms with Crippen molar-refractivity contribution in [2.45, 2.75) is 20.0 Å². The quantitative estimate of drug-likeness (QED) is 0.620. The Morgan fingerprint density at radius 3 is 2.95 bits per heavy atom. The standard InChI is InChI=1S/C15H16O5/c1-3-17-15(16)14-9(2)13-11(19-8-10-7-18-10)5-4-6-12(13)20-14/h4-6,10H,3,7-8H2,1-2H3. The first-order chi connectivity index (χ1) is 9.70. The monoisotopic (exact) mass is 276 g/mol. The summed E-state index contributed by atoms with van der Waals surface area (Å²) < 4.78 is 21.4. The van der Waals surface area contributed by atoms with E-state index in [2.05, 4.69) is 0 Å². The zero-order valence-corrected chi connectivity index (χ0v) is 11.5. The van der Waals surface area contributed by atoms with E-state index in [4.69, 9.17) is 18.6 Å². The number of hydrogen-bond donors (Lipinski definition) is 0. The fraction of sp³-hybridized carbons (Fsp3) is 0.400. The first-order valence-corrected chi connectivity index (χ1v) is 6.64. The van der Waals surface area contributed by atoms with Gasteiger partial charge < -0.3 is 18.6 Å². The summed E-state index contributed by atoms with van der Waals surface area (Å²) in [5.41, 5.74) is 1.37. The molecule has 0 N–H and O–H groups in total. The minimum absolute atomic E-state index is 0.182. The van der Waals surface area contributed by atoms with Crippen LogP contribution in [0.15, 0.2) is 22.6 Å². The lowest BCUT2D eigenvalue weighted by atomic mass is 10.1. The first kappa shape index (κ1) is 13.0. The Kier molecular flexibility index (Phi) is 3.36. The zero-order valence-electron chi connectivity index (χ0n) is 11.5. The number of ether oxygens (including phenoxy) is 3. The van der Waals surface area contributed by atoms with Crippen molar-refractivity contribution < 1.29 is 23.4 Å². The Labute approximate surface area is 116 Å². The molecule has 20 heavy (non-hydrogen) atoms. The number of furan rings is 1. The molecule has 5 heteroatoms. The molecule has 1 aromatic carbocycles. The highest BCUT2D eigenvalue weighted by Crippen LogP contribution is 2.33. The van der Waals surface area contributed by atoms with E-state index in [1.165, 1.54) is 0 Å². The second-order valence-electron chi connectivity index (χ2n) is 4.67. The molecule has 1 aliphatic rings. The molecule has 1 aliphatic heterocycles. The molecule has 0 bridgehead atoms. The molecule has 1 atom stereocenters. The van der Waals surface area contributed by atoms with E-state index < -0.39 is 5.97 Å². The molecule has 1 saturated heterocycles. The van der Waals surface area contributed by atoms with Crippen molar-refractivity contribution in [3.05, 3.63) is 29.5 Å². The van der Waals surface area contributed by atoms with Gasteiger partial charge in [0.05, 0.1) is 18.6 Å². The number of esters is 1. The van der Waals surface area contributed by atoms with E-state index >= 15 is 0 Å². The molecule has 3 rings (SSSR count). The summed E-state index contributed by atoms with van der Waals surface area (Å²) in [6.45, 7) is 5.17. The molecule has 0 aliphatic carbocycles. The van der Waals surface area contributed by atoms with E-state index in [1.807, 2.05) is 25.1 Å². The molecular formula is C15H16O5. The SMILES string of the molecule is CCOC(=O)c1oc2cccc(OCC3CO3)c2c1C. The van der Waals surface area contributed by atoms with Crippen LogP contribution in [0.3, 0.4) is 0 Å². The highest BCUT2D eigenvalue weighted by Gasteiger charge is 2.25. The highest BCUT2D eigenvalue weighted by molar-refractivity contribution is 5.98. The second kappa shape index (κ2) is 5.17. The lowest BCUT2D eigenvalue weighted by Gasteiger charge is -2.05. The molecular weight excluding hydrogens is 260 g/mol. The molecule has 0 amide bonds. The molecule has 5 nitrogen and oxygen atoms in total. The maximum atomic E-state index is 11.8. The number of hydrogen-bond acceptors (Lipinski definition) is 5. The Bertz CT molecular complexity index is 639. The van der Waals surface area contributed by atoms with Gasteiger partial charge in [0.2, 0.25) is 5.76 Å². The van der Waals surface area contributed by atoms with Gasteiger partial charge in [-0.25, -0.2) is 4.79 Å². The van der Waals surface area contributed by atoms with Gasteiger partial charge in [0.25, 0.3) is 0 Å². The van der Waals surface area contributed by atoms with E-state index in [9.17, 15) is 4.79 Å². The smallest absolute Gasteiger partial charge is 0.374 e.